The predicted octanol–water partition coefficient (Wildman–Crippen LogP) is 3.35. The predicted molar refractivity (Wildman–Crippen MR) is 124 cm³/mol. The van der Waals surface area contributed by atoms with Gasteiger partial charge < -0.3 is 19.6 Å². The maximum absolute atomic E-state index is 14.4. The number of hydrogen-bond acceptors (Lipinski definition) is 8. The number of amides is 1. The van der Waals surface area contributed by atoms with Crippen LogP contribution in [0.5, 0.6) is 11.8 Å². The Morgan fingerprint density at radius 1 is 1.37 bits per heavy atom. The van der Waals surface area contributed by atoms with E-state index in [2.05, 4.69) is 21.5 Å². The number of nitrogens with zero attached hydrogens (tertiary/aromatic N) is 6. The second-order valence-corrected chi connectivity index (χ2v) is 7.85. The maximum atomic E-state index is 14.4. The molecule has 1 N–H and O–H groups in total. The number of pyridine rings is 1. The molecule has 0 saturated carbocycles. The Bertz CT molecular complexity index is 1320. The van der Waals surface area contributed by atoms with Gasteiger partial charge in [-0.3, -0.25) is 9.78 Å². The standard InChI is InChI=1S/C24H22F2N6O3/c1-3-35-24-29-18-11-15(20-17(26)5-4-6-19(20)33)12-28-21(18)22(30-24)31-9-10-32(23(34)14(2)25)16(13-31)7-8-27/h4-6,11-12,16,33H,2-3,7,9-10,13H2,1H3/t16-/m0/s1. The van der Waals surface area contributed by atoms with Crippen LogP contribution in [-0.4, -0.2) is 63.1 Å². The Labute approximate surface area is 199 Å². The highest BCUT2D eigenvalue weighted by molar-refractivity contribution is 5.92. The van der Waals surface area contributed by atoms with Crippen molar-refractivity contribution in [2.24, 2.45) is 0 Å². The van der Waals surface area contributed by atoms with Crippen molar-refractivity contribution in [1.82, 2.24) is 19.9 Å². The molecular formula is C24H22F2N6O3. The van der Waals surface area contributed by atoms with Crippen molar-refractivity contribution in [3.8, 4) is 29.0 Å². The van der Waals surface area contributed by atoms with Gasteiger partial charge in [-0.1, -0.05) is 12.6 Å². The van der Waals surface area contributed by atoms with Crippen molar-refractivity contribution < 1.29 is 23.4 Å². The first-order chi connectivity index (χ1) is 16.8. The number of benzene rings is 1. The summed E-state index contributed by atoms with van der Waals surface area (Å²) in [4.78, 5) is 28.7. The van der Waals surface area contributed by atoms with E-state index in [4.69, 9.17) is 4.74 Å². The lowest BCUT2D eigenvalue weighted by Gasteiger charge is -2.40. The van der Waals surface area contributed by atoms with E-state index in [-0.39, 0.29) is 43.4 Å². The molecule has 2 aromatic heterocycles. The van der Waals surface area contributed by atoms with Gasteiger partial charge in [-0.25, -0.2) is 8.78 Å². The summed E-state index contributed by atoms with van der Waals surface area (Å²) in [5, 5.41) is 19.4. The summed E-state index contributed by atoms with van der Waals surface area (Å²) in [7, 11) is 0. The van der Waals surface area contributed by atoms with Crippen LogP contribution in [0.1, 0.15) is 13.3 Å². The molecule has 1 aliphatic heterocycles. The third kappa shape index (κ3) is 4.68. The number of carbonyl (C=O) groups excluding carboxylic acids is 1. The first-order valence-electron chi connectivity index (χ1n) is 10.9. The lowest BCUT2D eigenvalue weighted by molar-refractivity contribution is -0.131. The molecule has 3 aromatic rings. The van der Waals surface area contributed by atoms with E-state index in [0.717, 1.165) is 0 Å². The number of hydrogen-bond donors (Lipinski definition) is 1. The van der Waals surface area contributed by atoms with Gasteiger partial charge in [0.15, 0.2) is 11.6 Å². The van der Waals surface area contributed by atoms with Crippen LogP contribution < -0.4 is 9.64 Å². The minimum atomic E-state index is -1.09. The number of carbonyl (C=O) groups is 1. The van der Waals surface area contributed by atoms with Crippen LogP contribution in [0.15, 0.2) is 42.9 Å². The fourth-order valence-corrected chi connectivity index (χ4v) is 4.08. The van der Waals surface area contributed by atoms with Gasteiger partial charge in [-0.2, -0.15) is 15.2 Å². The Balaban J connectivity index is 1.78. The second-order valence-electron chi connectivity index (χ2n) is 7.85. The quantitative estimate of drug-likeness (QED) is 0.534. The number of aromatic nitrogens is 3. The van der Waals surface area contributed by atoms with Gasteiger partial charge in [0.1, 0.15) is 17.1 Å². The lowest BCUT2D eigenvalue weighted by Crippen LogP contribution is -2.55. The number of aromatic hydroxyl groups is 1. The third-order valence-corrected chi connectivity index (χ3v) is 5.65. The molecule has 3 heterocycles. The summed E-state index contributed by atoms with van der Waals surface area (Å²) in [5.74, 6) is -2.38. The van der Waals surface area contributed by atoms with Crippen LogP contribution in [0.3, 0.4) is 0 Å². The molecule has 0 unspecified atom stereocenters. The summed E-state index contributed by atoms with van der Waals surface area (Å²) in [6.07, 6.45) is 1.40. The molecule has 0 aliphatic carbocycles. The number of ether oxygens (including phenoxy) is 1. The van der Waals surface area contributed by atoms with Crippen LogP contribution in [0.4, 0.5) is 14.6 Å². The number of anilines is 1. The van der Waals surface area contributed by atoms with Gasteiger partial charge in [0.05, 0.1) is 36.2 Å². The topological polar surface area (TPSA) is 115 Å². The summed E-state index contributed by atoms with van der Waals surface area (Å²) in [6, 6.07) is 7.10. The molecule has 9 nitrogen and oxygen atoms in total. The van der Waals surface area contributed by atoms with E-state index in [1.807, 2.05) is 11.0 Å². The second kappa shape index (κ2) is 9.89. The molecule has 35 heavy (non-hydrogen) atoms. The van der Waals surface area contributed by atoms with E-state index < -0.39 is 23.6 Å². The fourth-order valence-electron chi connectivity index (χ4n) is 4.08. The summed E-state index contributed by atoms with van der Waals surface area (Å²) in [5.41, 5.74) is 1.05. The zero-order valence-corrected chi connectivity index (χ0v) is 18.9. The average Bonchev–Trinajstić information content (AvgIpc) is 2.83. The van der Waals surface area contributed by atoms with E-state index >= 15 is 0 Å². The molecule has 4 rings (SSSR count). The average molecular weight is 480 g/mol. The highest BCUT2D eigenvalue weighted by Gasteiger charge is 2.33. The van der Waals surface area contributed by atoms with Crippen molar-refractivity contribution in [3.05, 3.63) is 48.7 Å². The molecule has 1 atom stereocenters. The largest absolute Gasteiger partial charge is 0.507 e. The van der Waals surface area contributed by atoms with Crippen molar-refractivity contribution in [3.63, 3.8) is 0 Å². The number of piperazine rings is 1. The van der Waals surface area contributed by atoms with E-state index in [1.165, 1.54) is 29.3 Å². The monoisotopic (exact) mass is 480 g/mol. The zero-order valence-electron chi connectivity index (χ0n) is 18.9. The van der Waals surface area contributed by atoms with Gasteiger partial charge >= 0.3 is 6.01 Å². The van der Waals surface area contributed by atoms with Gasteiger partial charge in [0, 0.05) is 31.4 Å². The number of fused-ring (bicyclic) bond motifs is 1. The minimum absolute atomic E-state index is 0.00677. The van der Waals surface area contributed by atoms with E-state index in [1.54, 1.807) is 13.0 Å². The number of phenols is 1. The number of nitriles is 1. The SMILES string of the molecule is C=C(F)C(=O)N1CCN(c2nc(OCC)nc3cc(-c4c(O)cccc4F)cnc23)C[C@@H]1CC#N. The van der Waals surface area contributed by atoms with Crippen LogP contribution in [-0.2, 0) is 4.79 Å². The molecule has 1 aliphatic rings. The Morgan fingerprint density at radius 3 is 2.86 bits per heavy atom. The van der Waals surface area contributed by atoms with Crippen LogP contribution in [0.2, 0.25) is 0 Å². The summed E-state index contributed by atoms with van der Waals surface area (Å²) < 4.78 is 33.5. The smallest absolute Gasteiger partial charge is 0.319 e. The molecule has 1 fully saturated rings. The van der Waals surface area contributed by atoms with Crippen molar-refractivity contribution >= 4 is 22.8 Å². The van der Waals surface area contributed by atoms with Crippen molar-refractivity contribution in [2.45, 2.75) is 19.4 Å². The highest BCUT2D eigenvalue weighted by atomic mass is 19.1. The Morgan fingerprint density at radius 2 is 2.17 bits per heavy atom. The molecule has 180 valence electrons. The van der Waals surface area contributed by atoms with Crippen LogP contribution >= 0.6 is 0 Å². The summed E-state index contributed by atoms with van der Waals surface area (Å²) in [6.45, 7) is 5.77. The molecule has 1 saturated heterocycles. The lowest BCUT2D eigenvalue weighted by atomic mass is 10.0. The summed E-state index contributed by atoms with van der Waals surface area (Å²) >= 11 is 0. The highest BCUT2D eigenvalue weighted by Crippen LogP contribution is 2.34. The molecule has 11 heteroatoms. The molecule has 1 amide bonds. The van der Waals surface area contributed by atoms with E-state index in [9.17, 15) is 23.9 Å². The Hall–Kier alpha value is -4.33. The van der Waals surface area contributed by atoms with Gasteiger partial charge in [0.2, 0.25) is 0 Å². The number of phenolic OH excluding ortho intramolecular Hbond substituents is 1. The van der Waals surface area contributed by atoms with Gasteiger partial charge in [-0.15, -0.1) is 0 Å². The van der Waals surface area contributed by atoms with Crippen molar-refractivity contribution in [1.29, 1.82) is 5.26 Å². The first kappa shape index (κ1) is 23.8. The Kier molecular flexibility index (Phi) is 6.73. The fraction of sp³-hybridized carbons (Fsp3) is 0.292. The number of halogens is 2. The normalized spacial score (nSPS) is 15.7. The van der Waals surface area contributed by atoms with Crippen LogP contribution in [0.25, 0.3) is 22.2 Å². The molecule has 0 bridgehead atoms. The molecule has 0 spiro atoms. The van der Waals surface area contributed by atoms with Gasteiger partial charge in [0.25, 0.3) is 5.91 Å². The maximum Gasteiger partial charge on any atom is 0.319 e. The van der Waals surface area contributed by atoms with E-state index in [0.29, 0.717) is 29.0 Å². The molecular weight excluding hydrogens is 458 g/mol. The van der Waals surface area contributed by atoms with Crippen LogP contribution in [0, 0.1) is 17.1 Å². The zero-order chi connectivity index (χ0) is 25.1. The number of rotatable bonds is 6. The third-order valence-electron chi connectivity index (χ3n) is 5.65. The van der Waals surface area contributed by atoms with Gasteiger partial charge in [-0.05, 0) is 25.1 Å². The van der Waals surface area contributed by atoms with Crippen molar-refractivity contribution in [2.75, 3.05) is 31.1 Å². The first-order valence-corrected chi connectivity index (χ1v) is 10.9. The molecule has 1 aromatic carbocycles. The molecule has 0 radical (unpaired) electrons. The minimum Gasteiger partial charge on any atom is -0.507 e.